The Morgan fingerprint density at radius 1 is 0.328 bits per heavy atom. The first-order chi connectivity index (χ1) is 31.5. The van der Waals surface area contributed by atoms with Gasteiger partial charge in [0.15, 0.2) is 17.5 Å². The fourth-order valence-corrected chi connectivity index (χ4v) is 9.83. The van der Waals surface area contributed by atoms with Gasteiger partial charge in [0.1, 0.15) is 11.2 Å². The minimum Gasteiger partial charge on any atom is -0.456 e. The van der Waals surface area contributed by atoms with Gasteiger partial charge in [0, 0.05) is 32.9 Å². The molecule has 1 aliphatic carbocycles. The van der Waals surface area contributed by atoms with E-state index in [1.165, 1.54) is 27.8 Å². The van der Waals surface area contributed by atoms with Gasteiger partial charge >= 0.3 is 0 Å². The maximum absolute atomic E-state index is 6.60. The van der Waals surface area contributed by atoms with Crippen molar-refractivity contribution in [3.05, 3.63) is 223 Å². The summed E-state index contributed by atoms with van der Waals surface area (Å²) in [7, 11) is 0. The zero-order valence-corrected chi connectivity index (χ0v) is 35.5. The second kappa shape index (κ2) is 15.0. The van der Waals surface area contributed by atoms with E-state index in [4.69, 9.17) is 19.4 Å². The Balaban J connectivity index is 1.06. The number of benzene rings is 9. The van der Waals surface area contributed by atoms with Gasteiger partial charge in [-0.3, -0.25) is 0 Å². The van der Waals surface area contributed by atoms with Crippen molar-refractivity contribution in [2.75, 3.05) is 0 Å². The fourth-order valence-electron chi connectivity index (χ4n) is 9.83. The maximum atomic E-state index is 6.60. The molecule has 0 unspecified atom stereocenters. The van der Waals surface area contributed by atoms with Crippen molar-refractivity contribution in [1.29, 1.82) is 0 Å². The van der Waals surface area contributed by atoms with Crippen LogP contribution in [-0.4, -0.2) is 15.0 Å². The minimum absolute atomic E-state index is 0.192. The van der Waals surface area contributed by atoms with E-state index in [1.54, 1.807) is 0 Å². The number of furan rings is 1. The van der Waals surface area contributed by atoms with Crippen molar-refractivity contribution in [3.8, 4) is 89.8 Å². The lowest BCUT2D eigenvalue weighted by molar-refractivity contribution is 0.662. The topological polar surface area (TPSA) is 51.8 Å². The van der Waals surface area contributed by atoms with E-state index in [-0.39, 0.29) is 5.41 Å². The molecular formula is C60H41N3O. The molecule has 11 aromatic rings. The highest BCUT2D eigenvalue weighted by molar-refractivity contribution is 6.13. The Hall–Kier alpha value is -8.21. The highest BCUT2D eigenvalue weighted by atomic mass is 16.3. The molecule has 0 fully saturated rings. The molecule has 0 radical (unpaired) electrons. The molecule has 0 N–H and O–H groups in total. The largest absolute Gasteiger partial charge is 0.456 e. The summed E-state index contributed by atoms with van der Waals surface area (Å²) in [4.78, 5) is 15.8. The zero-order valence-electron chi connectivity index (χ0n) is 35.5. The van der Waals surface area contributed by atoms with Crippen molar-refractivity contribution in [3.63, 3.8) is 0 Å². The summed E-state index contributed by atoms with van der Waals surface area (Å²) < 4.78 is 6.60. The zero-order chi connectivity index (χ0) is 42.8. The third-order valence-electron chi connectivity index (χ3n) is 12.9. The lowest BCUT2D eigenvalue weighted by Gasteiger charge is -2.25. The number of rotatable bonds is 7. The van der Waals surface area contributed by atoms with Crippen LogP contribution < -0.4 is 0 Å². The van der Waals surface area contributed by atoms with Crippen LogP contribution in [0, 0.1) is 0 Å². The number of hydrogen-bond donors (Lipinski definition) is 0. The molecule has 0 atom stereocenters. The first-order valence-electron chi connectivity index (χ1n) is 21.8. The maximum Gasteiger partial charge on any atom is 0.164 e. The molecule has 9 aromatic carbocycles. The fraction of sp³-hybridized carbons (Fsp3) is 0.0500. The Morgan fingerprint density at radius 3 is 1.56 bits per heavy atom. The average molecular weight is 820 g/mol. The Kier molecular flexibility index (Phi) is 8.80. The molecule has 0 saturated heterocycles. The summed E-state index contributed by atoms with van der Waals surface area (Å²) in [6.07, 6.45) is 0. The van der Waals surface area contributed by atoms with E-state index in [0.29, 0.717) is 17.5 Å². The summed E-state index contributed by atoms with van der Waals surface area (Å²) >= 11 is 0. The second-order valence-corrected chi connectivity index (χ2v) is 17.2. The van der Waals surface area contributed by atoms with Crippen LogP contribution in [-0.2, 0) is 5.41 Å². The summed E-state index contributed by atoms with van der Waals surface area (Å²) in [6, 6.07) is 74.9. The molecule has 0 bridgehead atoms. The van der Waals surface area contributed by atoms with E-state index in [9.17, 15) is 0 Å². The van der Waals surface area contributed by atoms with Gasteiger partial charge in [0.2, 0.25) is 0 Å². The molecule has 302 valence electrons. The Labute approximate surface area is 372 Å². The van der Waals surface area contributed by atoms with Crippen LogP contribution >= 0.6 is 0 Å². The first-order valence-corrected chi connectivity index (χ1v) is 21.8. The van der Waals surface area contributed by atoms with Crippen LogP contribution in [0.5, 0.6) is 0 Å². The van der Waals surface area contributed by atoms with Gasteiger partial charge in [-0.2, -0.15) is 0 Å². The molecule has 0 saturated carbocycles. The van der Waals surface area contributed by atoms with Gasteiger partial charge in [-0.25, -0.2) is 15.0 Å². The predicted octanol–water partition coefficient (Wildman–Crippen LogP) is 15.7. The van der Waals surface area contributed by atoms with Gasteiger partial charge < -0.3 is 4.42 Å². The van der Waals surface area contributed by atoms with E-state index in [1.807, 2.05) is 18.2 Å². The lowest BCUT2D eigenvalue weighted by atomic mass is 9.78. The van der Waals surface area contributed by atoms with Crippen molar-refractivity contribution in [2.24, 2.45) is 0 Å². The smallest absolute Gasteiger partial charge is 0.164 e. The summed E-state index contributed by atoms with van der Waals surface area (Å²) in [5.74, 6) is 1.76. The lowest BCUT2D eigenvalue weighted by Crippen LogP contribution is -2.16. The van der Waals surface area contributed by atoms with E-state index in [0.717, 1.165) is 77.6 Å². The predicted molar refractivity (Wildman–Crippen MR) is 263 cm³/mol. The number of aromatic nitrogens is 3. The molecule has 12 rings (SSSR count). The summed E-state index contributed by atoms with van der Waals surface area (Å²) in [6.45, 7) is 4.69. The third-order valence-corrected chi connectivity index (χ3v) is 12.9. The van der Waals surface area contributed by atoms with Crippen LogP contribution in [0.2, 0.25) is 0 Å². The number of fused-ring (bicyclic) bond motifs is 6. The Bertz CT molecular complexity index is 3560. The second-order valence-electron chi connectivity index (χ2n) is 17.2. The molecule has 0 amide bonds. The Morgan fingerprint density at radius 2 is 0.828 bits per heavy atom. The molecule has 1 aliphatic rings. The van der Waals surface area contributed by atoms with E-state index in [2.05, 4.69) is 208 Å². The van der Waals surface area contributed by atoms with Gasteiger partial charge in [0.05, 0.1) is 0 Å². The quantitative estimate of drug-likeness (QED) is 0.161. The van der Waals surface area contributed by atoms with Crippen LogP contribution in [0.25, 0.3) is 112 Å². The van der Waals surface area contributed by atoms with Crippen LogP contribution in [0.15, 0.2) is 217 Å². The average Bonchev–Trinajstić information content (AvgIpc) is 3.86. The van der Waals surface area contributed by atoms with Crippen molar-refractivity contribution in [1.82, 2.24) is 15.0 Å². The monoisotopic (exact) mass is 819 g/mol. The molecule has 64 heavy (non-hydrogen) atoms. The molecule has 0 spiro atoms. The van der Waals surface area contributed by atoms with Crippen molar-refractivity contribution in [2.45, 2.75) is 19.3 Å². The third kappa shape index (κ3) is 6.34. The van der Waals surface area contributed by atoms with E-state index >= 15 is 0 Å². The molecule has 2 heterocycles. The molecule has 2 aromatic heterocycles. The number of nitrogens with zero attached hydrogens (tertiary/aromatic N) is 3. The van der Waals surface area contributed by atoms with Crippen LogP contribution in [0.3, 0.4) is 0 Å². The molecule has 4 heteroatoms. The first kappa shape index (κ1) is 37.5. The minimum atomic E-state index is -0.192. The van der Waals surface area contributed by atoms with Crippen LogP contribution in [0.1, 0.15) is 25.0 Å². The normalized spacial score (nSPS) is 12.7. The molecule has 0 aliphatic heterocycles. The summed E-state index contributed by atoms with van der Waals surface area (Å²) in [5, 5.41) is 2.14. The van der Waals surface area contributed by atoms with Gasteiger partial charge in [0.25, 0.3) is 0 Å². The van der Waals surface area contributed by atoms with Crippen molar-refractivity contribution < 1.29 is 4.42 Å². The van der Waals surface area contributed by atoms with Gasteiger partial charge in [-0.05, 0) is 103 Å². The highest BCUT2D eigenvalue weighted by Crippen LogP contribution is 2.52. The van der Waals surface area contributed by atoms with Crippen molar-refractivity contribution >= 4 is 21.9 Å². The van der Waals surface area contributed by atoms with Gasteiger partial charge in [-0.15, -0.1) is 0 Å². The number of hydrogen-bond acceptors (Lipinski definition) is 4. The molecular weight excluding hydrogens is 779 g/mol. The standard InChI is InChI=1S/C60H41N3O/c1-60(2)52-26-13-12-22-49(52)50-25-14-24-48(56(50)60)45-34-44(39-18-8-4-9-19-39)35-46(36-45)59-62-57(42-30-28-40(29-31-42)38-16-6-3-7-17-38)61-58(63-59)43-32-33-51-54(37-43)64-53-27-15-23-47(55(51)53)41-20-10-5-11-21-41/h3-37H,1-2H3. The van der Waals surface area contributed by atoms with E-state index < -0.39 is 0 Å². The SMILES string of the molecule is CC1(C)c2ccccc2-c2cccc(-c3cc(-c4ccccc4)cc(-c4nc(-c5ccc(-c6ccccc6)cc5)nc(-c5ccc6c(c5)oc5cccc(-c7ccccc7)c56)n4)c3)c21. The molecule has 4 nitrogen and oxygen atoms in total. The van der Waals surface area contributed by atoms with Crippen LogP contribution in [0.4, 0.5) is 0 Å². The highest BCUT2D eigenvalue weighted by Gasteiger charge is 2.37. The van der Waals surface area contributed by atoms with Gasteiger partial charge in [-0.1, -0.05) is 190 Å². The summed E-state index contributed by atoms with van der Waals surface area (Å²) in [5.41, 5.74) is 18.4.